The molecule has 0 bridgehead atoms. The van der Waals surface area contributed by atoms with E-state index in [1.165, 1.54) is 6.33 Å². The van der Waals surface area contributed by atoms with Crippen molar-refractivity contribution >= 4 is 22.5 Å². The van der Waals surface area contributed by atoms with Gasteiger partial charge in [-0.05, 0) is 43.3 Å². The van der Waals surface area contributed by atoms with Crippen LogP contribution in [0, 0.1) is 6.92 Å². The Labute approximate surface area is 138 Å². The van der Waals surface area contributed by atoms with Crippen molar-refractivity contribution in [1.82, 2.24) is 24.9 Å². The van der Waals surface area contributed by atoms with Crippen LogP contribution in [0.1, 0.15) is 5.69 Å². The summed E-state index contributed by atoms with van der Waals surface area (Å²) < 4.78 is 0. The minimum atomic E-state index is 0.662. The van der Waals surface area contributed by atoms with Gasteiger partial charge in [0, 0.05) is 23.5 Å². The Bertz CT molecular complexity index is 1000. The van der Waals surface area contributed by atoms with Crippen molar-refractivity contribution in [2.75, 3.05) is 5.32 Å². The van der Waals surface area contributed by atoms with Crippen LogP contribution in [0.4, 0.5) is 11.5 Å². The minimum Gasteiger partial charge on any atom is -0.339 e. The maximum absolute atomic E-state index is 4.64. The van der Waals surface area contributed by atoms with Gasteiger partial charge in [0.1, 0.15) is 12.1 Å². The number of nitrogens with one attached hydrogen (secondary N) is 1. The van der Waals surface area contributed by atoms with Crippen LogP contribution >= 0.6 is 0 Å². The predicted octanol–water partition coefficient (Wildman–Crippen LogP) is 3.53. The Kier molecular flexibility index (Phi) is 3.55. The van der Waals surface area contributed by atoms with Crippen LogP contribution in [0.2, 0.25) is 0 Å². The monoisotopic (exact) mass is 314 g/mol. The molecule has 4 aromatic heterocycles. The van der Waals surface area contributed by atoms with Crippen LogP contribution in [0.15, 0.2) is 61.2 Å². The lowest BCUT2D eigenvalue weighted by Gasteiger charge is -2.11. The van der Waals surface area contributed by atoms with Crippen LogP contribution in [0.5, 0.6) is 0 Å². The number of nitrogens with zero attached hydrogens (tertiary/aromatic N) is 5. The average Bonchev–Trinajstić information content (AvgIpc) is 2.62. The Morgan fingerprint density at radius 2 is 1.83 bits per heavy atom. The summed E-state index contributed by atoms with van der Waals surface area (Å²) >= 11 is 0. The highest BCUT2D eigenvalue weighted by Crippen LogP contribution is 2.28. The highest BCUT2D eigenvalue weighted by Gasteiger charge is 2.10. The summed E-state index contributed by atoms with van der Waals surface area (Å²) in [6.45, 7) is 1.96. The third-order valence-corrected chi connectivity index (χ3v) is 3.58. The molecule has 6 nitrogen and oxygen atoms in total. The molecule has 0 saturated carbocycles. The van der Waals surface area contributed by atoms with Gasteiger partial charge in [0.05, 0.1) is 17.1 Å². The number of aryl methyl sites for hydroxylation is 1. The highest BCUT2D eigenvalue weighted by molar-refractivity contribution is 5.92. The number of fused-ring (bicyclic) bond motifs is 1. The Morgan fingerprint density at radius 3 is 2.67 bits per heavy atom. The Morgan fingerprint density at radius 1 is 0.875 bits per heavy atom. The summed E-state index contributed by atoms with van der Waals surface area (Å²) in [6, 6.07) is 13.5. The maximum Gasteiger partial charge on any atom is 0.161 e. The minimum absolute atomic E-state index is 0.662. The van der Waals surface area contributed by atoms with Crippen LogP contribution in [0.25, 0.3) is 22.4 Å². The normalized spacial score (nSPS) is 10.7. The molecule has 0 fully saturated rings. The van der Waals surface area contributed by atoms with E-state index in [0.717, 1.165) is 28.2 Å². The van der Waals surface area contributed by atoms with Crippen LogP contribution in [-0.4, -0.2) is 24.9 Å². The van der Waals surface area contributed by atoms with E-state index in [4.69, 9.17) is 0 Å². The van der Waals surface area contributed by atoms with E-state index in [2.05, 4.69) is 30.2 Å². The summed E-state index contributed by atoms with van der Waals surface area (Å²) in [7, 11) is 0. The molecule has 116 valence electrons. The number of rotatable bonds is 3. The third-order valence-electron chi connectivity index (χ3n) is 3.58. The third kappa shape index (κ3) is 2.77. The Balaban J connectivity index is 1.88. The van der Waals surface area contributed by atoms with E-state index in [1.807, 2.05) is 49.4 Å². The number of pyridine rings is 3. The lowest BCUT2D eigenvalue weighted by Crippen LogP contribution is -1.98. The fourth-order valence-corrected chi connectivity index (χ4v) is 2.48. The van der Waals surface area contributed by atoms with Gasteiger partial charge in [-0.3, -0.25) is 4.98 Å². The van der Waals surface area contributed by atoms with Gasteiger partial charge in [0.15, 0.2) is 5.65 Å². The molecule has 1 N–H and O–H groups in total. The van der Waals surface area contributed by atoms with Crippen molar-refractivity contribution < 1.29 is 0 Å². The number of hydrogen-bond donors (Lipinski definition) is 1. The zero-order chi connectivity index (χ0) is 16.4. The molecule has 0 atom stereocenters. The molecule has 0 spiro atoms. The molecule has 4 rings (SSSR count). The zero-order valence-electron chi connectivity index (χ0n) is 13.0. The van der Waals surface area contributed by atoms with Gasteiger partial charge in [-0.2, -0.15) is 0 Å². The first-order valence-electron chi connectivity index (χ1n) is 7.52. The number of aromatic nitrogens is 5. The lowest BCUT2D eigenvalue weighted by molar-refractivity contribution is 1.16. The van der Waals surface area contributed by atoms with Crippen molar-refractivity contribution in [1.29, 1.82) is 0 Å². The van der Waals surface area contributed by atoms with E-state index in [0.29, 0.717) is 11.5 Å². The largest absolute Gasteiger partial charge is 0.339 e. The molecular weight excluding hydrogens is 300 g/mol. The van der Waals surface area contributed by atoms with Crippen molar-refractivity contribution in [3.63, 3.8) is 0 Å². The molecule has 0 aromatic carbocycles. The molecular formula is C18H14N6. The quantitative estimate of drug-likeness (QED) is 0.623. The van der Waals surface area contributed by atoms with Crippen molar-refractivity contribution in [2.24, 2.45) is 0 Å². The zero-order valence-corrected chi connectivity index (χ0v) is 13.0. The molecule has 0 unspecified atom stereocenters. The molecule has 0 saturated heterocycles. The SMILES string of the molecule is Cc1cccc(-c2cc(Nc3ccncn3)c3cccnc3n2)n1. The van der Waals surface area contributed by atoms with Gasteiger partial charge in [0.2, 0.25) is 0 Å². The van der Waals surface area contributed by atoms with E-state index in [-0.39, 0.29) is 0 Å². The first kappa shape index (κ1) is 14.2. The fraction of sp³-hybridized carbons (Fsp3) is 0.0556. The summed E-state index contributed by atoms with van der Waals surface area (Å²) in [4.78, 5) is 21.7. The lowest BCUT2D eigenvalue weighted by atomic mass is 10.1. The van der Waals surface area contributed by atoms with E-state index < -0.39 is 0 Å². The molecule has 4 aromatic rings. The van der Waals surface area contributed by atoms with E-state index in [9.17, 15) is 0 Å². The predicted molar refractivity (Wildman–Crippen MR) is 92.8 cm³/mol. The molecule has 0 radical (unpaired) electrons. The van der Waals surface area contributed by atoms with E-state index >= 15 is 0 Å². The van der Waals surface area contributed by atoms with E-state index in [1.54, 1.807) is 12.4 Å². The Hall–Kier alpha value is -3.41. The number of hydrogen-bond acceptors (Lipinski definition) is 6. The summed E-state index contributed by atoms with van der Waals surface area (Å²) in [6.07, 6.45) is 4.93. The van der Waals surface area contributed by atoms with Crippen molar-refractivity contribution in [2.45, 2.75) is 6.92 Å². The average molecular weight is 314 g/mol. The summed E-state index contributed by atoms with van der Waals surface area (Å²) in [5.41, 5.74) is 4.07. The van der Waals surface area contributed by atoms with Crippen LogP contribution < -0.4 is 5.32 Å². The second kappa shape index (κ2) is 6.00. The van der Waals surface area contributed by atoms with Gasteiger partial charge in [-0.15, -0.1) is 0 Å². The first-order valence-corrected chi connectivity index (χ1v) is 7.52. The second-order valence-corrected chi connectivity index (χ2v) is 5.31. The summed E-state index contributed by atoms with van der Waals surface area (Å²) in [5.74, 6) is 0.713. The van der Waals surface area contributed by atoms with Gasteiger partial charge < -0.3 is 5.32 Å². The maximum atomic E-state index is 4.64. The highest BCUT2D eigenvalue weighted by atomic mass is 15.0. The topological polar surface area (TPSA) is 76.5 Å². The molecule has 0 amide bonds. The standard InChI is InChI=1S/C18H14N6/c1-12-4-2-6-14(22-12)16-10-15(23-17-7-9-19-11-21-17)13-5-3-8-20-18(13)24-16/h2-11H,1H3,(H,19,20,21,23,24). The summed E-state index contributed by atoms with van der Waals surface area (Å²) in [5, 5.41) is 4.24. The number of anilines is 2. The van der Waals surface area contributed by atoms with Gasteiger partial charge in [-0.25, -0.2) is 19.9 Å². The first-order chi connectivity index (χ1) is 11.8. The van der Waals surface area contributed by atoms with Gasteiger partial charge >= 0.3 is 0 Å². The second-order valence-electron chi connectivity index (χ2n) is 5.31. The van der Waals surface area contributed by atoms with Gasteiger partial charge in [-0.1, -0.05) is 6.07 Å². The fourth-order valence-electron chi connectivity index (χ4n) is 2.48. The molecule has 24 heavy (non-hydrogen) atoms. The molecule has 0 aliphatic rings. The van der Waals surface area contributed by atoms with Crippen molar-refractivity contribution in [3.05, 3.63) is 66.9 Å². The smallest absolute Gasteiger partial charge is 0.161 e. The molecule has 0 aliphatic carbocycles. The molecule has 6 heteroatoms. The van der Waals surface area contributed by atoms with Crippen molar-refractivity contribution in [3.8, 4) is 11.4 Å². The van der Waals surface area contributed by atoms with Gasteiger partial charge in [0.25, 0.3) is 0 Å². The van der Waals surface area contributed by atoms with Crippen LogP contribution in [-0.2, 0) is 0 Å². The molecule has 0 aliphatic heterocycles. The van der Waals surface area contributed by atoms with Crippen LogP contribution in [0.3, 0.4) is 0 Å². The molecule has 4 heterocycles.